The Morgan fingerprint density at radius 3 is 2.65 bits per heavy atom. The van der Waals surface area contributed by atoms with Gasteiger partial charge in [0, 0.05) is 17.6 Å². The number of hydrogen-bond acceptors (Lipinski definition) is 2. The molecule has 0 fully saturated rings. The Kier molecular flexibility index (Phi) is 5.10. The van der Waals surface area contributed by atoms with Gasteiger partial charge in [-0.25, -0.2) is 4.39 Å². The normalized spacial score (nSPS) is 13.8. The molecule has 0 aliphatic carbocycles. The highest BCUT2D eigenvalue weighted by Gasteiger charge is 2.21. The number of halogens is 2. The number of hydrogen-bond donors (Lipinski definition) is 2. The van der Waals surface area contributed by atoms with Crippen LogP contribution in [-0.4, -0.2) is 17.8 Å². The quantitative estimate of drug-likeness (QED) is 0.896. The van der Waals surface area contributed by atoms with E-state index < -0.39 is 6.10 Å². The maximum Gasteiger partial charge on any atom is 0.123 e. The molecule has 0 aliphatic rings. The third-order valence-electron chi connectivity index (χ3n) is 2.66. The Hall–Kier alpha value is -0.450. The fraction of sp³-hybridized carbons (Fsp3) is 0.538. The first-order chi connectivity index (χ1) is 7.80. The molecule has 0 radical (unpaired) electrons. The topological polar surface area (TPSA) is 32.3 Å². The van der Waals surface area contributed by atoms with Crippen LogP contribution in [0.1, 0.15) is 26.3 Å². The molecule has 0 saturated carbocycles. The molecular formula is C13H19BrFNO. The highest BCUT2D eigenvalue weighted by Crippen LogP contribution is 2.19. The Bertz CT molecular complexity index is 376. The van der Waals surface area contributed by atoms with E-state index in [1.807, 2.05) is 20.8 Å². The monoisotopic (exact) mass is 303 g/mol. The van der Waals surface area contributed by atoms with Crippen molar-refractivity contribution in [3.8, 4) is 0 Å². The van der Waals surface area contributed by atoms with Crippen LogP contribution in [0.25, 0.3) is 0 Å². The maximum atomic E-state index is 13.0. The molecule has 1 unspecified atom stereocenters. The van der Waals surface area contributed by atoms with Gasteiger partial charge in [0.15, 0.2) is 0 Å². The minimum atomic E-state index is -0.421. The molecule has 1 rings (SSSR count). The summed E-state index contributed by atoms with van der Waals surface area (Å²) in [4.78, 5) is 0. The van der Waals surface area contributed by atoms with Crippen LogP contribution in [0, 0.1) is 11.2 Å². The van der Waals surface area contributed by atoms with E-state index in [9.17, 15) is 9.50 Å². The summed E-state index contributed by atoms with van der Waals surface area (Å²) in [6.45, 7) is 6.98. The van der Waals surface area contributed by atoms with E-state index in [0.717, 1.165) is 10.0 Å². The van der Waals surface area contributed by atoms with Gasteiger partial charge in [-0.15, -0.1) is 0 Å². The van der Waals surface area contributed by atoms with E-state index in [2.05, 4.69) is 21.2 Å². The van der Waals surface area contributed by atoms with E-state index >= 15 is 0 Å². The molecule has 96 valence electrons. The van der Waals surface area contributed by atoms with Crippen LogP contribution in [0.4, 0.5) is 4.39 Å². The van der Waals surface area contributed by atoms with Crippen molar-refractivity contribution in [2.75, 3.05) is 6.54 Å². The largest absolute Gasteiger partial charge is 0.391 e. The standard InChI is InChI=1S/C13H19BrFNO/c1-13(2,3)12(17)8-16-7-9-6-10(15)4-5-11(9)14/h4-6,12,16-17H,7-8H2,1-3H3. The molecule has 17 heavy (non-hydrogen) atoms. The molecule has 1 aromatic carbocycles. The first kappa shape index (κ1) is 14.6. The van der Waals surface area contributed by atoms with Crippen LogP contribution >= 0.6 is 15.9 Å². The van der Waals surface area contributed by atoms with Crippen LogP contribution in [0.2, 0.25) is 0 Å². The number of benzene rings is 1. The second-order valence-electron chi connectivity index (χ2n) is 5.25. The fourth-order valence-electron chi connectivity index (χ4n) is 1.33. The number of aliphatic hydroxyl groups is 1. The zero-order valence-electron chi connectivity index (χ0n) is 10.4. The van der Waals surface area contributed by atoms with Gasteiger partial charge in [-0.05, 0) is 29.2 Å². The lowest BCUT2D eigenvalue weighted by atomic mass is 9.89. The second-order valence-corrected chi connectivity index (χ2v) is 6.10. The maximum absolute atomic E-state index is 13.0. The summed E-state index contributed by atoms with van der Waals surface area (Å²) in [6.07, 6.45) is -0.421. The number of rotatable bonds is 4. The molecule has 2 nitrogen and oxygen atoms in total. The summed E-state index contributed by atoms with van der Waals surface area (Å²) in [6, 6.07) is 4.59. The van der Waals surface area contributed by atoms with Crippen LogP contribution in [0.15, 0.2) is 22.7 Å². The van der Waals surface area contributed by atoms with Gasteiger partial charge in [-0.3, -0.25) is 0 Å². The number of nitrogens with one attached hydrogen (secondary N) is 1. The second kappa shape index (κ2) is 5.94. The van der Waals surface area contributed by atoms with Gasteiger partial charge in [0.2, 0.25) is 0 Å². The van der Waals surface area contributed by atoms with E-state index in [1.165, 1.54) is 12.1 Å². The van der Waals surface area contributed by atoms with Crippen molar-refractivity contribution < 1.29 is 9.50 Å². The first-order valence-electron chi connectivity index (χ1n) is 5.63. The van der Waals surface area contributed by atoms with E-state index in [1.54, 1.807) is 6.07 Å². The average molecular weight is 304 g/mol. The minimum Gasteiger partial charge on any atom is -0.391 e. The molecule has 1 atom stereocenters. The van der Waals surface area contributed by atoms with Gasteiger partial charge in [0.25, 0.3) is 0 Å². The minimum absolute atomic E-state index is 0.147. The van der Waals surface area contributed by atoms with Gasteiger partial charge in [-0.2, -0.15) is 0 Å². The van der Waals surface area contributed by atoms with Gasteiger partial charge in [0.05, 0.1) is 6.10 Å². The van der Waals surface area contributed by atoms with Crippen LogP contribution in [0.3, 0.4) is 0 Å². The third kappa shape index (κ3) is 4.74. The molecule has 2 N–H and O–H groups in total. The van der Waals surface area contributed by atoms with E-state index in [-0.39, 0.29) is 11.2 Å². The first-order valence-corrected chi connectivity index (χ1v) is 6.42. The predicted octanol–water partition coefficient (Wildman–Crippen LogP) is 3.08. The van der Waals surface area contributed by atoms with Crippen molar-refractivity contribution in [2.24, 2.45) is 5.41 Å². The van der Waals surface area contributed by atoms with Gasteiger partial charge < -0.3 is 10.4 Å². The van der Waals surface area contributed by atoms with Crippen molar-refractivity contribution in [3.63, 3.8) is 0 Å². The van der Waals surface area contributed by atoms with Crippen molar-refractivity contribution in [3.05, 3.63) is 34.1 Å². The molecule has 0 bridgehead atoms. The lowest BCUT2D eigenvalue weighted by molar-refractivity contribution is 0.0627. The molecule has 0 aromatic heterocycles. The van der Waals surface area contributed by atoms with E-state index in [0.29, 0.717) is 13.1 Å². The lowest BCUT2D eigenvalue weighted by Gasteiger charge is -2.26. The third-order valence-corrected chi connectivity index (χ3v) is 3.43. The van der Waals surface area contributed by atoms with Crippen LogP contribution in [0.5, 0.6) is 0 Å². The molecule has 0 heterocycles. The molecule has 0 amide bonds. The van der Waals surface area contributed by atoms with Crippen LogP contribution in [-0.2, 0) is 6.54 Å². The van der Waals surface area contributed by atoms with Crippen molar-refractivity contribution in [2.45, 2.75) is 33.4 Å². The Labute approximate surface area is 110 Å². The predicted molar refractivity (Wildman–Crippen MR) is 71.3 cm³/mol. The summed E-state index contributed by atoms with van der Waals surface area (Å²) < 4.78 is 13.9. The molecule has 0 saturated heterocycles. The lowest BCUT2D eigenvalue weighted by Crippen LogP contribution is -2.36. The van der Waals surface area contributed by atoms with Crippen molar-refractivity contribution in [1.29, 1.82) is 0 Å². The molecule has 0 spiro atoms. The zero-order chi connectivity index (χ0) is 13.1. The molecule has 1 aromatic rings. The molecule has 0 aliphatic heterocycles. The highest BCUT2D eigenvalue weighted by atomic mass is 79.9. The van der Waals surface area contributed by atoms with Crippen molar-refractivity contribution in [1.82, 2.24) is 5.32 Å². The number of aliphatic hydroxyl groups excluding tert-OH is 1. The van der Waals surface area contributed by atoms with Crippen molar-refractivity contribution >= 4 is 15.9 Å². The van der Waals surface area contributed by atoms with Gasteiger partial charge >= 0.3 is 0 Å². The Morgan fingerprint density at radius 1 is 1.41 bits per heavy atom. The molecular weight excluding hydrogens is 285 g/mol. The Balaban J connectivity index is 2.49. The highest BCUT2D eigenvalue weighted by molar-refractivity contribution is 9.10. The Morgan fingerprint density at radius 2 is 2.06 bits per heavy atom. The molecule has 4 heteroatoms. The van der Waals surface area contributed by atoms with Crippen LogP contribution < -0.4 is 5.32 Å². The zero-order valence-corrected chi connectivity index (χ0v) is 12.0. The summed E-state index contributed by atoms with van der Waals surface area (Å²) >= 11 is 3.37. The smallest absolute Gasteiger partial charge is 0.123 e. The summed E-state index contributed by atoms with van der Waals surface area (Å²) in [5, 5.41) is 13.0. The van der Waals surface area contributed by atoms with Gasteiger partial charge in [-0.1, -0.05) is 36.7 Å². The average Bonchev–Trinajstić information content (AvgIpc) is 2.21. The summed E-state index contributed by atoms with van der Waals surface area (Å²) in [5.41, 5.74) is 0.706. The van der Waals surface area contributed by atoms with E-state index in [4.69, 9.17) is 0 Å². The summed E-state index contributed by atoms with van der Waals surface area (Å²) in [7, 11) is 0. The SMILES string of the molecule is CC(C)(C)C(O)CNCc1cc(F)ccc1Br. The summed E-state index contributed by atoms with van der Waals surface area (Å²) in [5.74, 6) is -0.249. The van der Waals surface area contributed by atoms with Gasteiger partial charge in [0.1, 0.15) is 5.82 Å². The fourth-order valence-corrected chi connectivity index (χ4v) is 1.72.